The summed E-state index contributed by atoms with van der Waals surface area (Å²) in [5.41, 5.74) is 0. The number of sulfonamides is 1. The Bertz CT molecular complexity index is 479. The number of hydrogen-bond acceptors (Lipinski definition) is 4. The van der Waals surface area contributed by atoms with Crippen molar-refractivity contribution in [2.45, 2.75) is 18.7 Å². The van der Waals surface area contributed by atoms with Gasteiger partial charge in [-0.2, -0.15) is 0 Å². The summed E-state index contributed by atoms with van der Waals surface area (Å²) < 4.78 is 26.7. The monoisotopic (exact) mass is 247 g/mol. The summed E-state index contributed by atoms with van der Waals surface area (Å²) in [5.74, 6) is -0.867. The van der Waals surface area contributed by atoms with Gasteiger partial charge in [-0.15, -0.1) is 0 Å². The van der Waals surface area contributed by atoms with Gasteiger partial charge in [-0.25, -0.2) is 18.1 Å². The van der Waals surface area contributed by atoms with Crippen LogP contribution in [0.4, 0.5) is 0 Å². The normalized spacial score (nSPS) is 13.6. The number of carboxylic acid groups (broad SMARTS) is 1. The maximum Gasteiger partial charge on any atom is 0.323 e. The molecule has 1 aromatic heterocycles. The van der Waals surface area contributed by atoms with Crippen LogP contribution in [0, 0.1) is 0 Å². The molecule has 0 aliphatic rings. The molecule has 0 radical (unpaired) electrons. The van der Waals surface area contributed by atoms with E-state index in [1.165, 1.54) is 6.20 Å². The van der Waals surface area contributed by atoms with E-state index < -0.39 is 21.2 Å². The number of imidazole rings is 1. The molecule has 1 unspecified atom stereocenters. The second kappa shape index (κ2) is 4.62. The molecule has 1 heterocycles. The lowest BCUT2D eigenvalue weighted by Gasteiger charge is -2.09. The Labute approximate surface area is 93.2 Å². The molecule has 1 atom stereocenters. The van der Waals surface area contributed by atoms with Crippen molar-refractivity contribution >= 4 is 16.0 Å². The van der Waals surface area contributed by atoms with Crippen molar-refractivity contribution in [2.75, 3.05) is 0 Å². The zero-order chi connectivity index (χ0) is 12.3. The fraction of sp³-hybridized carbons (Fsp3) is 0.500. The molecule has 2 N–H and O–H groups in total. The molecule has 0 saturated heterocycles. The number of carbonyl (C=O) groups is 1. The first-order valence-electron chi connectivity index (χ1n) is 4.52. The average molecular weight is 247 g/mol. The highest BCUT2D eigenvalue weighted by Crippen LogP contribution is 2.01. The fourth-order valence-corrected chi connectivity index (χ4v) is 1.84. The second-order valence-electron chi connectivity index (χ2n) is 3.30. The molecule has 0 aliphatic heterocycles. The van der Waals surface area contributed by atoms with Gasteiger partial charge in [-0.1, -0.05) is 0 Å². The molecular formula is C8H13N3O4S. The van der Waals surface area contributed by atoms with Crippen molar-refractivity contribution in [3.05, 3.63) is 18.2 Å². The summed E-state index contributed by atoms with van der Waals surface area (Å²) in [6.07, 6.45) is 3.20. The van der Waals surface area contributed by atoms with Gasteiger partial charge in [0, 0.05) is 19.4 Å². The molecular weight excluding hydrogens is 234 g/mol. The number of rotatable bonds is 5. The van der Waals surface area contributed by atoms with Crippen LogP contribution < -0.4 is 4.72 Å². The third-order valence-corrected chi connectivity index (χ3v) is 3.84. The molecule has 0 spiro atoms. The minimum atomic E-state index is -3.86. The Morgan fingerprint density at radius 3 is 2.75 bits per heavy atom. The predicted molar refractivity (Wildman–Crippen MR) is 56.1 cm³/mol. The van der Waals surface area contributed by atoms with Gasteiger partial charge in [-0.05, 0) is 6.92 Å². The van der Waals surface area contributed by atoms with E-state index in [1.54, 1.807) is 17.8 Å². The van der Waals surface area contributed by atoms with Crippen LogP contribution in [0.25, 0.3) is 0 Å². The summed E-state index contributed by atoms with van der Waals surface area (Å²) in [5, 5.41) is 7.11. The van der Waals surface area contributed by atoms with Crippen LogP contribution in [0.1, 0.15) is 12.7 Å². The highest BCUT2D eigenvalue weighted by Gasteiger charge is 2.27. The van der Waals surface area contributed by atoms with E-state index >= 15 is 0 Å². The van der Waals surface area contributed by atoms with Crippen molar-refractivity contribution < 1.29 is 18.3 Å². The Hall–Kier alpha value is -1.41. The van der Waals surface area contributed by atoms with E-state index in [4.69, 9.17) is 5.11 Å². The van der Waals surface area contributed by atoms with Crippen molar-refractivity contribution in [3.63, 3.8) is 0 Å². The fourth-order valence-electron chi connectivity index (χ4n) is 0.990. The van der Waals surface area contributed by atoms with Gasteiger partial charge in [0.2, 0.25) is 10.0 Å². The van der Waals surface area contributed by atoms with Crippen molar-refractivity contribution in [1.82, 2.24) is 14.3 Å². The first kappa shape index (κ1) is 12.7. The Morgan fingerprint density at radius 2 is 2.31 bits per heavy atom. The Balaban J connectivity index is 2.69. The summed E-state index contributed by atoms with van der Waals surface area (Å²) in [7, 11) is -2.14. The minimum absolute atomic E-state index is 0.0244. The minimum Gasteiger partial charge on any atom is -0.480 e. The van der Waals surface area contributed by atoms with E-state index in [2.05, 4.69) is 9.71 Å². The molecule has 0 bridgehead atoms. The smallest absolute Gasteiger partial charge is 0.323 e. The quantitative estimate of drug-likeness (QED) is 0.717. The molecule has 16 heavy (non-hydrogen) atoms. The van der Waals surface area contributed by atoms with Gasteiger partial charge in [-0.3, -0.25) is 4.79 Å². The summed E-state index contributed by atoms with van der Waals surface area (Å²) in [6.45, 7) is 1.09. The van der Waals surface area contributed by atoms with Crippen molar-refractivity contribution in [2.24, 2.45) is 7.05 Å². The van der Waals surface area contributed by atoms with Crippen LogP contribution in [0.2, 0.25) is 0 Å². The van der Waals surface area contributed by atoms with Crippen LogP contribution >= 0.6 is 0 Å². The number of carboxylic acids is 1. The molecule has 0 aliphatic carbocycles. The number of hydrogen-bond donors (Lipinski definition) is 2. The van der Waals surface area contributed by atoms with Crippen LogP contribution in [-0.2, 0) is 28.4 Å². The predicted octanol–water partition coefficient (Wildman–Crippen LogP) is -0.687. The van der Waals surface area contributed by atoms with Crippen LogP contribution in [-0.4, -0.2) is 34.3 Å². The topological polar surface area (TPSA) is 101 Å². The van der Waals surface area contributed by atoms with E-state index in [1.807, 2.05) is 0 Å². The van der Waals surface area contributed by atoms with Gasteiger partial charge < -0.3 is 9.67 Å². The van der Waals surface area contributed by atoms with E-state index in [0.29, 0.717) is 5.82 Å². The van der Waals surface area contributed by atoms with Gasteiger partial charge in [0.25, 0.3) is 0 Å². The van der Waals surface area contributed by atoms with Crippen LogP contribution in [0.3, 0.4) is 0 Å². The summed E-state index contributed by atoms with van der Waals surface area (Å²) in [4.78, 5) is 14.4. The first-order valence-corrected chi connectivity index (χ1v) is 6.06. The van der Waals surface area contributed by atoms with Crippen LogP contribution in [0.15, 0.2) is 12.4 Å². The molecule has 1 aromatic rings. The second-order valence-corrected chi connectivity index (χ2v) is 5.39. The molecule has 7 nitrogen and oxygen atoms in total. The first-order chi connectivity index (χ1) is 7.34. The standard InChI is InChI=1S/C8H13N3O4S/c1-6(8(12)13)16(14,15)10-5-7-9-3-4-11(7)2/h3-4,6,10H,5H2,1-2H3,(H,12,13). The highest BCUT2D eigenvalue weighted by molar-refractivity contribution is 7.90. The largest absolute Gasteiger partial charge is 0.480 e. The van der Waals surface area contributed by atoms with Gasteiger partial charge in [0.05, 0.1) is 6.54 Å². The average Bonchev–Trinajstić information content (AvgIpc) is 2.60. The number of nitrogens with one attached hydrogen (secondary N) is 1. The van der Waals surface area contributed by atoms with Gasteiger partial charge in [0.1, 0.15) is 5.82 Å². The zero-order valence-electron chi connectivity index (χ0n) is 8.91. The maximum absolute atomic E-state index is 11.4. The highest BCUT2D eigenvalue weighted by atomic mass is 32.2. The number of aliphatic carboxylic acids is 1. The molecule has 1 rings (SSSR count). The molecule has 90 valence electrons. The molecule has 0 saturated carbocycles. The Kier molecular flexibility index (Phi) is 3.66. The number of aryl methyl sites for hydroxylation is 1. The SMILES string of the molecule is CC(C(=O)O)S(=O)(=O)NCc1nccn1C. The number of nitrogens with zero attached hydrogens (tertiary/aromatic N) is 2. The lowest BCUT2D eigenvalue weighted by molar-refractivity contribution is -0.136. The van der Waals surface area contributed by atoms with Crippen LogP contribution in [0.5, 0.6) is 0 Å². The Morgan fingerprint density at radius 1 is 1.69 bits per heavy atom. The molecule has 0 aromatic carbocycles. The third-order valence-electron chi connectivity index (χ3n) is 2.17. The van der Waals surface area contributed by atoms with Gasteiger partial charge >= 0.3 is 5.97 Å². The summed E-state index contributed by atoms with van der Waals surface area (Å²) in [6, 6.07) is 0. The van der Waals surface area contributed by atoms with Crippen molar-refractivity contribution in [3.8, 4) is 0 Å². The third kappa shape index (κ3) is 2.80. The summed E-state index contributed by atoms with van der Waals surface area (Å²) >= 11 is 0. The zero-order valence-corrected chi connectivity index (χ0v) is 9.73. The lowest BCUT2D eigenvalue weighted by Crippen LogP contribution is -2.37. The lowest BCUT2D eigenvalue weighted by atomic mass is 10.5. The molecule has 0 amide bonds. The number of aromatic nitrogens is 2. The molecule has 8 heteroatoms. The van der Waals surface area contributed by atoms with E-state index in [-0.39, 0.29) is 6.54 Å². The van der Waals surface area contributed by atoms with Gasteiger partial charge in [0.15, 0.2) is 5.25 Å². The van der Waals surface area contributed by atoms with Crippen molar-refractivity contribution in [1.29, 1.82) is 0 Å². The van der Waals surface area contributed by atoms with E-state index in [9.17, 15) is 13.2 Å². The molecule has 0 fully saturated rings. The van der Waals surface area contributed by atoms with E-state index in [0.717, 1.165) is 6.92 Å². The maximum atomic E-state index is 11.4.